The van der Waals surface area contributed by atoms with Gasteiger partial charge in [0.15, 0.2) is 5.96 Å². The summed E-state index contributed by atoms with van der Waals surface area (Å²) in [6, 6.07) is 8.38. The topological polar surface area (TPSA) is 61.4 Å². The molecule has 168 valence electrons. The first kappa shape index (κ1) is 23.3. The Hall–Kier alpha value is -1.38. The summed E-state index contributed by atoms with van der Waals surface area (Å²) in [5, 5.41) is 7.81. The number of hydrogen-bond donors (Lipinski definition) is 2. The molecule has 30 heavy (non-hydrogen) atoms. The van der Waals surface area contributed by atoms with E-state index in [0.717, 1.165) is 76.7 Å². The molecule has 2 saturated heterocycles. The highest BCUT2D eigenvalue weighted by Gasteiger charge is 2.28. The first-order chi connectivity index (χ1) is 14.5. The SMILES string of the molecule is CN=C(NCC(c1ccc(Cl)cc1)N1CCOCC1)NCC(C)(C)N1CCOCC1. The molecule has 2 heterocycles. The van der Waals surface area contributed by atoms with E-state index in [-0.39, 0.29) is 11.6 Å². The maximum Gasteiger partial charge on any atom is 0.191 e. The zero-order valence-corrected chi connectivity index (χ0v) is 19.2. The Balaban J connectivity index is 1.59. The predicted octanol–water partition coefficient (Wildman–Crippen LogP) is 1.99. The normalized spacial score (nSPS) is 20.7. The average molecular weight is 438 g/mol. The van der Waals surface area contributed by atoms with Gasteiger partial charge in [-0.3, -0.25) is 14.8 Å². The molecule has 1 unspecified atom stereocenters. The van der Waals surface area contributed by atoms with Crippen LogP contribution in [0, 0.1) is 0 Å². The van der Waals surface area contributed by atoms with Crippen LogP contribution in [0.3, 0.4) is 0 Å². The van der Waals surface area contributed by atoms with Gasteiger partial charge in [-0.2, -0.15) is 0 Å². The zero-order chi connectivity index (χ0) is 21.4. The number of nitrogens with one attached hydrogen (secondary N) is 2. The summed E-state index contributed by atoms with van der Waals surface area (Å²) in [7, 11) is 1.82. The maximum absolute atomic E-state index is 6.11. The predicted molar refractivity (Wildman–Crippen MR) is 122 cm³/mol. The van der Waals surface area contributed by atoms with E-state index in [1.165, 1.54) is 5.56 Å². The number of guanidine groups is 1. The highest BCUT2D eigenvalue weighted by atomic mass is 35.5. The fourth-order valence-electron chi connectivity index (χ4n) is 4.03. The van der Waals surface area contributed by atoms with E-state index in [1.807, 2.05) is 19.2 Å². The van der Waals surface area contributed by atoms with E-state index in [0.29, 0.717) is 0 Å². The van der Waals surface area contributed by atoms with E-state index in [9.17, 15) is 0 Å². The molecule has 1 aromatic rings. The molecule has 2 aliphatic heterocycles. The summed E-state index contributed by atoms with van der Waals surface area (Å²) in [6.07, 6.45) is 0. The minimum absolute atomic E-state index is 0.0290. The number of ether oxygens (including phenoxy) is 2. The van der Waals surface area contributed by atoms with Crippen molar-refractivity contribution in [1.29, 1.82) is 0 Å². The molecule has 0 bridgehead atoms. The Kier molecular flexibility index (Phi) is 8.77. The summed E-state index contributed by atoms with van der Waals surface area (Å²) in [5.74, 6) is 0.823. The van der Waals surface area contributed by atoms with Crippen molar-refractivity contribution in [2.75, 3.05) is 72.7 Å². The number of nitrogens with zero attached hydrogens (tertiary/aromatic N) is 3. The van der Waals surface area contributed by atoms with Crippen LogP contribution >= 0.6 is 11.6 Å². The van der Waals surface area contributed by atoms with Crippen molar-refractivity contribution in [3.63, 3.8) is 0 Å². The minimum Gasteiger partial charge on any atom is -0.379 e. The summed E-state index contributed by atoms with van der Waals surface area (Å²) in [4.78, 5) is 9.38. The van der Waals surface area contributed by atoms with Gasteiger partial charge in [0.2, 0.25) is 0 Å². The molecule has 3 rings (SSSR count). The fraction of sp³-hybridized carbons (Fsp3) is 0.682. The van der Waals surface area contributed by atoms with Crippen molar-refractivity contribution in [1.82, 2.24) is 20.4 Å². The first-order valence-electron chi connectivity index (χ1n) is 10.8. The Morgan fingerprint density at radius 3 is 2.23 bits per heavy atom. The Bertz CT molecular complexity index is 671. The number of aliphatic imine (C=N–C) groups is 1. The van der Waals surface area contributed by atoms with Crippen LogP contribution in [0.25, 0.3) is 0 Å². The molecule has 0 aliphatic carbocycles. The average Bonchev–Trinajstić information content (AvgIpc) is 2.78. The van der Waals surface area contributed by atoms with E-state index < -0.39 is 0 Å². The molecular weight excluding hydrogens is 402 g/mol. The summed E-state index contributed by atoms with van der Waals surface area (Å²) in [6.45, 7) is 13.0. The van der Waals surface area contributed by atoms with Gasteiger partial charge in [0, 0.05) is 56.9 Å². The second-order valence-electron chi connectivity index (χ2n) is 8.43. The van der Waals surface area contributed by atoms with Gasteiger partial charge < -0.3 is 20.1 Å². The number of hydrogen-bond acceptors (Lipinski definition) is 5. The lowest BCUT2D eigenvalue weighted by molar-refractivity contribution is -0.00836. The summed E-state index contributed by atoms with van der Waals surface area (Å²) >= 11 is 6.11. The molecular formula is C22H36ClN5O2. The van der Waals surface area contributed by atoms with E-state index in [1.54, 1.807) is 0 Å². The van der Waals surface area contributed by atoms with Gasteiger partial charge in [-0.25, -0.2) is 0 Å². The smallest absolute Gasteiger partial charge is 0.191 e. The quantitative estimate of drug-likeness (QED) is 0.502. The minimum atomic E-state index is 0.0290. The van der Waals surface area contributed by atoms with Gasteiger partial charge in [0.25, 0.3) is 0 Å². The number of morpholine rings is 2. The molecule has 0 saturated carbocycles. The molecule has 0 amide bonds. The molecule has 1 aromatic carbocycles. The monoisotopic (exact) mass is 437 g/mol. The van der Waals surface area contributed by atoms with Crippen molar-refractivity contribution in [2.45, 2.75) is 25.4 Å². The van der Waals surface area contributed by atoms with Crippen LogP contribution in [0.1, 0.15) is 25.5 Å². The second-order valence-corrected chi connectivity index (χ2v) is 8.87. The summed E-state index contributed by atoms with van der Waals surface area (Å²) < 4.78 is 11.0. The van der Waals surface area contributed by atoms with E-state index >= 15 is 0 Å². The van der Waals surface area contributed by atoms with Crippen LogP contribution in [-0.2, 0) is 9.47 Å². The standard InChI is InChI=1S/C22H36ClN5O2/c1-22(2,28-10-14-30-15-11-28)17-26-21(24-3)25-16-20(27-8-12-29-13-9-27)18-4-6-19(23)7-5-18/h4-7,20H,8-17H2,1-3H3,(H2,24,25,26). The van der Waals surface area contributed by atoms with Crippen LogP contribution in [0.2, 0.25) is 5.02 Å². The van der Waals surface area contributed by atoms with Crippen molar-refractivity contribution in [3.8, 4) is 0 Å². The molecule has 0 spiro atoms. The maximum atomic E-state index is 6.11. The Morgan fingerprint density at radius 2 is 1.63 bits per heavy atom. The molecule has 2 N–H and O–H groups in total. The van der Waals surface area contributed by atoms with Gasteiger partial charge in [-0.15, -0.1) is 0 Å². The first-order valence-corrected chi connectivity index (χ1v) is 11.2. The van der Waals surface area contributed by atoms with Gasteiger partial charge in [-0.05, 0) is 31.5 Å². The second kappa shape index (κ2) is 11.3. The van der Waals surface area contributed by atoms with Crippen LogP contribution in [0.15, 0.2) is 29.3 Å². The van der Waals surface area contributed by atoms with Gasteiger partial charge in [-0.1, -0.05) is 23.7 Å². The van der Waals surface area contributed by atoms with E-state index in [4.69, 9.17) is 21.1 Å². The Labute approximate surface area is 185 Å². The van der Waals surface area contributed by atoms with Crippen molar-refractivity contribution < 1.29 is 9.47 Å². The largest absolute Gasteiger partial charge is 0.379 e. The lowest BCUT2D eigenvalue weighted by atomic mass is 10.0. The van der Waals surface area contributed by atoms with Crippen molar-refractivity contribution in [3.05, 3.63) is 34.9 Å². The summed E-state index contributed by atoms with van der Waals surface area (Å²) in [5.41, 5.74) is 1.28. The van der Waals surface area contributed by atoms with E-state index in [2.05, 4.69) is 51.4 Å². The van der Waals surface area contributed by atoms with Gasteiger partial charge in [0.1, 0.15) is 0 Å². The number of halogens is 1. The third-order valence-corrected chi connectivity index (χ3v) is 6.24. The highest BCUT2D eigenvalue weighted by molar-refractivity contribution is 6.30. The zero-order valence-electron chi connectivity index (χ0n) is 18.5. The molecule has 0 radical (unpaired) electrons. The molecule has 0 aromatic heterocycles. The van der Waals surface area contributed by atoms with Gasteiger partial charge in [0.05, 0.1) is 32.5 Å². The molecule has 7 nitrogen and oxygen atoms in total. The van der Waals surface area contributed by atoms with Crippen LogP contribution < -0.4 is 10.6 Å². The highest BCUT2D eigenvalue weighted by Crippen LogP contribution is 2.23. The lowest BCUT2D eigenvalue weighted by Gasteiger charge is -2.41. The molecule has 2 aliphatic rings. The Morgan fingerprint density at radius 1 is 1.03 bits per heavy atom. The molecule has 2 fully saturated rings. The number of rotatable bonds is 7. The van der Waals surface area contributed by atoms with Crippen LogP contribution in [-0.4, -0.2) is 94.0 Å². The fourth-order valence-corrected chi connectivity index (χ4v) is 4.15. The molecule has 1 atom stereocenters. The van der Waals surface area contributed by atoms with Crippen LogP contribution in [0.5, 0.6) is 0 Å². The third-order valence-electron chi connectivity index (χ3n) is 5.98. The van der Waals surface area contributed by atoms with Crippen molar-refractivity contribution >= 4 is 17.6 Å². The van der Waals surface area contributed by atoms with Crippen LogP contribution in [0.4, 0.5) is 0 Å². The third kappa shape index (κ3) is 6.56. The molecule has 8 heteroatoms. The lowest BCUT2D eigenvalue weighted by Crippen LogP contribution is -2.57. The van der Waals surface area contributed by atoms with Gasteiger partial charge >= 0.3 is 0 Å². The number of benzene rings is 1. The van der Waals surface area contributed by atoms with Crippen molar-refractivity contribution in [2.24, 2.45) is 4.99 Å².